The van der Waals surface area contributed by atoms with Crippen LogP contribution in [0, 0.1) is 5.92 Å². The van der Waals surface area contributed by atoms with Gasteiger partial charge in [0.25, 0.3) is 0 Å². The van der Waals surface area contributed by atoms with E-state index in [1.807, 2.05) is 30.3 Å². The van der Waals surface area contributed by atoms with Gasteiger partial charge in [0.1, 0.15) is 4.33 Å². The van der Waals surface area contributed by atoms with E-state index in [0.29, 0.717) is 5.69 Å². The molecule has 5 heteroatoms. The lowest BCUT2D eigenvalue weighted by Crippen LogP contribution is -2.17. The van der Waals surface area contributed by atoms with Gasteiger partial charge >= 0.3 is 0 Å². The first-order chi connectivity index (χ1) is 9.60. The zero-order valence-electron chi connectivity index (χ0n) is 10.5. The zero-order valence-corrected chi connectivity index (χ0v) is 12.0. The van der Waals surface area contributed by atoms with Crippen LogP contribution in [0.1, 0.15) is 11.5 Å². The Morgan fingerprint density at radius 2 is 1.90 bits per heavy atom. The molecule has 3 nitrogen and oxygen atoms in total. The minimum atomic E-state index is -1.05. The Balaban J connectivity index is 1.76. The number of carbonyl (C=O) groups excluding carboxylic acids is 1. The van der Waals surface area contributed by atoms with Gasteiger partial charge in [0.05, 0.1) is 17.8 Å². The first-order valence-corrected chi connectivity index (χ1v) is 7.00. The Bertz CT molecular complexity index is 616. The molecule has 1 fully saturated rings. The highest BCUT2D eigenvalue weighted by molar-refractivity contribution is 6.53. The van der Waals surface area contributed by atoms with Crippen LogP contribution in [0.5, 0.6) is 0 Å². The van der Waals surface area contributed by atoms with Gasteiger partial charge in [-0.1, -0.05) is 30.3 Å². The van der Waals surface area contributed by atoms with Gasteiger partial charge in [0, 0.05) is 12.1 Å². The lowest BCUT2D eigenvalue weighted by atomic mass is 10.1. The highest BCUT2D eigenvalue weighted by Gasteiger charge is 2.67. The van der Waals surface area contributed by atoms with Crippen LogP contribution in [0.3, 0.4) is 0 Å². The molecule has 1 amide bonds. The molecule has 1 N–H and O–H groups in total. The highest BCUT2D eigenvalue weighted by atomic mass is 35.5. The number of nitrogens with zero attached hydrogens (tertiary/aromatic N) is 1. The summed E-state index contributed by atoms with van der Waals surface area (Å²) in [5.74, 6) is -0.811. The maximum atomic E-state index is 12.3. The largest absolute Gasteiger partial charge is 0.324 e. The average molecular weight is 307 g/mol. The van der Waals surface area contributed by atoms with Gasteiger partial charge in [-0.2, -0.15) is 0 Å². The van der Waals surface area contributed by atoms with Crippen molar-refractivity contribution in [3.63, 3.8) is 0 Å². The minimum Gasteiger partial charge on any atom is -0.324 e. The highest BCUT2D eigenvalue weighted by Crippen LogP contribution is 2.65. The van der Waals surface area contributed by atoms with Crippen molar-refractivity contribution >= 4 is 34.8 Å². The Labute approximate surface area is 126 Å². The van der Waals surface area contributed by atoms with Crippen molar-refractivity contribution in [2.24, 2.45) is 5.92 Å². The third kappa shape index (κ3) is 2.39. The van der Waals surface area contributed by atoms with Crippen LogP contribution in [0.25, 0.3) is 0 Å². The van der Waals surface area contributed by atoms with E-state index in [2.05, 4.69) is 10.3 Å². The van der Waals surface area contributed by atoms with Crippen molar-refractivity contribution in [1.82, 2.24) is 4.98 Å². The van der Waals surface area contributed by atoms with Crippen molar-refractivity contribution in [1.29, 1.82) is 0 Å². The first-order valence-electron chi connectivity index (χ1n) is 6.24. The molecule has 0 spiro atoms. The number of nitrogens with one attached hydrogen (secondary N) is 1. The molecule has 1 aromatic carbocycles. The van der Waals surface area contributed by atoms with Gasteiger partial charge in [0.2, 0.25) is 5.91 Å². The maximum absolute atomic E-state index is 12.3. The molecule has 1 aliphatic carbocycles. The van der Waals surface area contributed by atoms with E-state index in [1.54, 1.807) is 24.5 Å². The molecule has 20 heavy (non-hydrogen) atoms. The van der Waals surface area contributed by atoms with Gasteiger partial charge in [0.15, 0.2) is 0 Å². The van der Waals surface area contributed by atoms with E-state index in [0.717, 1.165) is 5.56 Å². The van der Waals surface area contributed by atoms with Gasteiger partial charge in [-0.3, -0.25) is 9.78 Å². The predicted octanol–water partition coefficient (Wildman–Crippen LogP) is 3.61. The number of pyridine rings is 1. The standard InChI is InChI=1S/C15H12Cl2N2O/c16-15(17)12(10-5-2-1-3-6-10)13(15)14(20)19-11-7-4-8-18-9-11/h1-9,12-13H,(H,19,20). The molecule has 1 heterocycles. The first kappa shape index (κ1) is 13.4. The van der Waals surface area contributed by atoms with Crippen LogP contribution in [0.15, 0.2) is 54.9 Å². The number of anilines is 1. The Morgan fingerprint density at radius 3 is 2.55 bits per heavy atom. The molecule has 0 bridgehead atoms. The number of alkyl halides is 2. The Morgan fingerprint density at radius 1 is 1.15 bits per heavy atom. The molecule has 2 aromatic rings. The summed E-state index contributed by atoms with van der Waals surface area (Å²) in [6, 6.07) is 13.1. The summed E-state index contributed by atoms with van der Waals surface area (Å²) < 4.78 is -1.05. The summed E-state index contributed by atoms with van der Waals surface area (Å²) in [6.45, 7) is 0. The van der Waals surface area contributed by atoms with Gasteiger partial charge in [-0.05, 0) is 17.7 Å². The summed E-state index contributed by atoms with van der Waals surface area (Å²) >= 11 is 12.5. The van der Waals surface area contributed by atoms with E-state index < -0.39 is 10.3 Å². The summed E-state index contributed by atoms with van der Waals surface area (Å²) in [5, 5.41) is 2.79. The molecule has 1 aliphatic rings. The third-order valence-electron chi connectivity index (χ3n) is 3.42. The molecule has 1 saturated carbocycles. The normalized spacial score (nSPS) is 23.1. The number of hydrogen-bond donors (Lipinski definition) is 1. The Kier molecular flexibility index (Phi) is 3.40. The van der Waals surface area contributed by atoms with Crippen LogP contribution in [0.4, 0.5) is 5.69 Å². The van der Waals surface area contributed by atoms with E-state index in [4.69, 9.17) is 23.2 Å². The van der Waals surface area contributed by atoms with E-state index in [-0.39, 0.29) is 11.8 Å². The summed E-state index contributed by atoms with van der Waals surface area (Å²) in [5.41, 5.74) is 1.61. The lowest BCUT2D eigenvalue weighted by Gasteiger charge is -2.03. The lowest BCUT2D eigenvalue weighted by molar-refractivity contribution is -0.117. The fourth-order valence-corrected chi connectivity index (χ4v) is 3.21. The molecule has 3 rings (SSSR count). The molecule has 0 aliphatic heterocycles. The number of hydrogen-bond acceptors (Lipinski definition) is 2. The fraction of sp³-hybridized carbons (Fsp3) is 0.200. The number of amides is 1. The number of carbonyl (C=O) groups is 1. The van der Waals surface area contributed by atoms with Gasteiger partial charge in [-0.25, -0.2) is 0 Å². The summed E-state index contributed by atoms with van der Waals surface area (Å²) in [7, 11) is 0. The molecule has 2 atom stereocenters. The minimum absolute atomic E-state index is 0.177. The molecule has 102 valence electrons. The van der Waals surface area contributed by atoms with E-state index >= 15 is 0 Å². The summed E-state index contributed by atoms with van der Waals surface area (Å²) in [6.07, 6.45) is 3.23. The molecular weight excluding hydrogens is 295 g/mol. The monoisotopic (exact) mass is 306 g/mol. The van der Waals surface area contributed by atoms with Crippen LogP contribution >= 0.6 is 23.2 Å². The second-order valence-corrected chi connectivity index (χ2v) is 6.22. The number of halogens is 2. The van der Waals surface area contributed by atoms with Gasteiger partial charge in [-0.15, -0.1) is 23.2 Å². The smallest absolute Gasteiger partial charge is 0.231 e. The quantitative estimate of drug-likeness (QED) is 0.880. The third-order valence-corrected chi connectivity index (χ3v) is 4.36. The molecule has 2 unspecified atom stereocenters. The SMILES string of the molecule is O=C(Nc1cccnc1)C1C(c2ccccc2)C1(Cl)Cl. The van der Waals surface area contributed by atoms with Crippen LogP contribution in [-0.4, -0.2) is 15.2 Å². The van der Waals surface area contributed by atoms with Crippen molar-refractivity contribution in [2.75, 3.05) is 5.32 Å². The summed E-state index contributed by atoms with van der Waals surface area (Å²) in [4.78, 5) is 16.2. The Hall–Kier alpha value is -1.58. The average Bonchev–Trinajstić information content (AvgIpc) is 3.04. The van der Waals surface area contributed by atoms with Crippen molar-refractivity contribution < 1.29 is 4.79 Å². The van der Waals surface area contributed by atoms with Gasteiger partial charge < -0.3 is 5.32 Å². The van der Waals surface area contributed by atoms with Crippen LogP contribution < -0.4 is 5.32 Å². The maximum Gasteiger partial charge on any atom is 0.231 e. The number of benzene rings is 1. The molecule has 1 aromatic heterocycles. The number of aromatic nitrogens is 1. The topological polar surface area (TPSA) is 42.0 Å². The predicted molar refractivity (Wildman–Crippen MR) is 80.0 cm³/mol. The second-order valence-electron chi connectivity index (χ2n) is 4.77. The number of rotatable bonds is 3. The molecular formula is C15H12Cl2N2O. The van der Waals surface area contributed by atoms with Crippen molar-refractivity contribution in [3.8, 4) is 0 Å². The van der Waals surface area contributed by atoms with Crippen LogP contribution in [-0.2, 0) is 4.79 Å². The fourth-order valence-electron chi connectivity index (χ4n) is 2.38. The van der Waals surface area contributed by atoms with Crippen molar-refractivity contribution in [3.05, 3.63) is 60.4 Å². The molecule has 0 saturated heterocycles. The molecule has 0 radical (unpaired) electrons. The second kappa shape index (κ2) is 5.08. The van der Waals surface area contributed by atoms with Crippen molar-refractivity contribution in [2.45, 2.75) is 10.3 Å². The van der Waals surface area contributed by atoms with Crippen LogP contribution in [0.2, 0.25) is 0 Å². The van der Waals surface area contributed by atoms with E-state index in [1.165, 1.54) is 0 Å². The van der Waals surface area contributed by atoms with E-state index in [9.17, 15) is 4.79 Å². The zero-order chi connectivity index (χ0) is 14.2.